The van der Waals surface area contributed by atoms with Crippen molar-refractivity contribution < 1.29 is 23.5 Å². The second-order valence-corrected chi connectivity index (χ2v) is 8.07. The van der Waals surface area contributed by atoms with E-state index in [0.29, 0.717) is 23.7 Å². The van der Waals surface area contributed by atoms with Crippen molar-refractivity contribution in [2.75, 3.05) is 6.61 Å². The minimum atomic E-state index is -0.370. The van der Waals surface area contributed by atoms with Crippen molar-refractivity contribution in [3.8, 4) is 11.3 Å². The smallest absolute Gasteiger partial charge is 0.338 e. The summed E-state index contributed by atoms with van der Waals surface area (Å²) >= 11 is 0. The minimum Gasteiger partial charge on any atom is -0.462 e. The molecule has 31 heavy (non-hydrogen) atoms. The summed E-state index contributed by atoms with van der Waals surface area (Å²) in [6.45, 7) is 2.08. The normalized spacial score (nSPS) is 26.7. The van der Waals surface area contributed by atoms with E-state index in [1.165, 1.54) is 6.21 Å². The number of fused-ring (bicyclic) bond motifs is 1. The van der Waals surface area contributed by atoms with Crippen molar-refractivity contribution in [3.05, 3.63) is 59.9 Å². The molecule has 4 aliphatic rings. The molecule has 2 aromatic rings. The third kappa shape index (κ3) is 3.30. The fourth-order valence-corrected chi connectivity index (χ4v) is 4.85. The lowest BCUT2D eigenvalue weighted by Gasteiger charge is -2.37. The number of amides is 2. The predicted molar refractivity (Wildman–Crippen MR) is 112 cm³/mol. The van der Waals surface area contributed by atoms with Gasteiger partial charge in [-0.1, -0.05) is 24.3 Å². The average molecular weight is 418 g/mol. The van der Waals surface area contributed by atoms with Crippen LogP contribution in [0.15, 0.2) is 58.1 Å². The van der Waals surface area contributed by atoms with Gasteiger partial charge in [-0.05, 0) is 55.9 Å². The molecule has 7 heteroatoms. The van der Waals surface area contributed by atoms with Gasteiger partial charge >= 0.3 is 5.97 Å². The third-order valence-electron chi connectivity index (χ3n) is 6.34. The molecule has 3 aliphatic carbocycles. The van der Waals surface area contributed by atoms with Crippen LogP contribution in [0.25, 0.3) is 11.3 Å². The monoisotopic (exact) mass is 418 g/mol. The molecule has 158 valence electrons. The van der Waals surface area contributed by atoms with Crippen LogP contribution in [-0.4, -0.2) is 35.6 Å². The zero-order valence-electron chi connectivity index (χ0n) is 17.1. The Bertz CT molecular complexity index is 1070. The van der Waals surface area contributed by atoms with E-state index in [2.05, 4.69) is 17.3 Å². The minimum absolute atomic E-state index is 0.138. The second-order valence-electron chi connectivity index (χ2n) is 8.07. The summed E-state index contributed by atoms with van der Waals surface area (Å²) in [6, 6.07) is 10.4. The van der Waals surface area contributed by atoms with Gasteiger partial charge in [-0.2, -0.15) is 10.1 Å². The molecule has 1 aliphatic heterocycles. The summed E-state index contributed by atoms with van der Waals surface area (Å²) < 4.78 is 10.8. The van der Waals surface area contributed by atoms with Crippen LogP contribution >= 0.6 is 0 Å². The summed E-state index contributed by atoms with van der Waals surface area (Å²) in [5.74, 6) is -0.0625. The lowest BCUT2D eigenvalue weighted by Crippen LogP contribution is -2.38. The van der Waals surface area contributed by atoms with E-state index >= 15 is 0 Å². The number of imide groups is 1. The van der Waals surface area contributed by atoms with Gasteiger partial charge in [-0.25, -0.2) is 4.79 Å². The molecule has 0 radical (unpaired) electrons. The number of benzene rings is 1. The molecule has 0 spiro atoms. The van der Waals surface area contributed by atoms with Crippen molar-refractivity contribution in [1.82, 2.24) is 5.01 Å². The molecular weight excluding hydrogens is 396 g/mol. The number of allylic oxidation sites excluding steroid dienone is 2. The largest absolute Gasteiger partial charge is 0.462 e. The van der Waals surface area contributed by atoms with Crippen LogP contribution in [0, 0.1) is 23.7 Å². The lowest BCUT2D eigenvalue weighted by atomic mass is 9.63. The SMILES string of the molecule is CCOC(=O)c1ccc(-c2ccc(/C=N\N3C(=O)[C@@H]4[C@H](C3=O)[C@@H]3C=C[C@@H]4CC3)o2)cc1. The standard InChI is InChI=1S/C24H22N2O5/c1-2-30-24(29)17-9-3-14(4-10-17)19-12-11-18(31-19)13-25-26-22(27)20-15-5-6-16(8-7-15)21(20)23(26)28/h3-6,9-13,15-16,20-21H,2,7-8H2,1H3/b25-13-/t15-,16-,20-,21+/m1/s1. The molecule has 4 atom stereocenters. The molecule has 2 heterocycles. The van der Waals surface area contributed by atoms with Gasteiger partial charge in [0.15, 0.2) is 0 Å². The Hall–Kier alpha value is -3.48. The van der Waals surface area contributed by atoms with E-state index in [4.69, 9.17) is 9.15 Å². The molecule has 1 aromatic carbocycles. The predicted octanol–water partition coefficient (Wildman–Crippen LogP) is 3.65. The van der Waals surface area contributed by atoms with Gasteiger partial charge in [0.05, 0.1) is 30.2 Å². The summed E-state index contributed by atoms with van der Waals surface area (Å²) in [4.78, 5) is 37.4. The van der Waals surface area contributed by atoms with Crippen molar-refractivity contribution in [1.29, 1.82) is 0 Å². The molecule has 1 saturated heterocycles. The number of carbonyl (C=O) groups is 3. The number of ether oxygens (including phenoxy) is 1. The van der Waals surface area contributed by atoms with Gasteiger partial charge in [0.2, 0.25) is 0 Å². The molecular formula is C24H22N2O5. The van der Waals surface area contributed by atoms with Crippen LogP contribution in [0.1, 0.15) is 35.9 Å². The number of nitrogens with zero attached hydrogens (tertiary/aromatic N) is 2. The Morgan fingerprint density at radius 2 is 1.71 bits per heavy atom. The van der Waals surface area contributed by atoms with Gasteiger partial charge < -0.3 is 9.15 Å². The number of rotatable bonds is 5. The summed E-state index contributed by atoms with van der Waals surface area (Å²) in [7, 11) is 0. The lowest BCUT2D eigenvalue weighted by molar-refractivity contribution is -0.140. The highest BCUT2D eigenvalue weighted by Crippen LogP contribution is 2.49. The van der Waals surface area contributed by atoms with Crippen LogP contribution in [0.3, 0.4) is 0 Å². The van der Waals surface area contributed by atoms with Crippen molar-refractivity contribution >= 4 is 24.0 Å². The summed E-state index contributed by atoms with van der Waals surface area (Å²) in [5.41, 5.74) is 1.25. The Morgan fingerprint density at radius 1 is 1.06 bits per heavy atom. The first-order valence-electron chi connectivity index (χ1n) is 10.5. The number of hydrogen-bond donors (Lipinski definition) is 0. The number of furan rings is 1. The Kier molecular flexibility index (Phi) is 4.81. The molecule has 7 nitrogen and oxygen atoms in total. The number of hydrogen-bond acceptors (Lipinski definition) is 6. The second kappa shape index (κ2) is 7.65. The Labute approximate surface area is 179 Å². The fourth-order valence-electron chi connectivity index (χ4n) is 4.85. The van der Waals surface area contributed by atoms with Crippen LogP contribution in [0.4, 0.5) is 0 Å². The van der Waals surface area contributed by atoms with Crippen LogP contribution in [0.5, 0.6) is 0 Å². The molecule has 6 rings (SSSR count). The van der Waals surface area contributed by atoms with E-state index in [-0.39, 0.29) is 41.5 Å². The van der Waals surface area contributed by atoms with Crippen LogP contribution < -0.4 is 0 Å². The van der Waals surface area contributed by atoms with E-state index < -0.39 is 0 Å². The third-order valence-corrected chi connectivity index (χ3v) is 6.34. The number of hydrazone groups is 1. The number of esters is 1. The first-order valence-corrected chi connectivity index (χ1v) is 10.5. The highest BCUT2D eigenvalue weighted by molar-refractivity contribution is 6.06. The summed E-state index contributed by atoms with van der Waals surface area (Å²) in [6.07, 6.45) is 7.48. The van der Waals surface area contributed by atoms with Gasteiger partial charge in [0.25, 0.3) is 11.8 Å². The molecule has 0 unspecified atom stereocenters. The maximum Gasteiger partial charge on any atom is 0.338 e. The van der Waals surface area contributed by atoms with E-state index in [1.54, 1.807) is 43.3 Å². The Balaban J connectivity index is 1.30. The first-order chi connectivity index (χ1) is 15.1. The molecule has 2 amide bonds. The zero-order chi connectivity index (χ0) is 21.5. The maximum atomic E-state index is 12.8. The molecule has 2 bridgehead atoms. The topological polar surface area (TPSA) is 89.2 Å². The van der Waals surface area contributed by atoms with Gasteiger partial charge in [-0.15, -0.1) is 0 Å². The van der Waals surface area contributed by atoms with E-state index in [9.17, 15) is 14.4 Å². The first kappa shape index (κ1) is 19.5. The maximum absolute atomic E-state index is 12.8. The van der Waals surface area contributed by atoms with Crippen molar-refractivity contribution in [2.45, 2.75) is 19.8 Å². The van der Waals surface area contributed by atoms with Gasteiger partial charge in [-0.3, -0.25) is 9.59 Å². The van der Waals surface area contributed by atoms with Crippen LogP contribution in [-0.2, 0) is 14.3 Å². The van der Waals surface area contributed by atoms with Gasteiger partial charge in [0.1, 0.15) is 11.5 Å². The zero-order valence-corrected chi connectivity index (χ0v) is 17.1. The van der Waals surface area contributed by atoms with Crippen molar-refractivity contribution in [2.24, 2.45) is 28.8 Å². The summed E-state index contributed by atoms with van der Waals surface area (Å²) in [5, 5.41) is 5.19. The van der Waals surface area contributed by atoms with Crippen LogP contribution in [0.2, 0.25) is 0 Å². The fraction of sp³-hybridized carbons (Fsp3) is 0.333. The molecule has 0 N–H and O–H groups in total. The highest BCUT2D eigenvalue weighted by Gasteiger charge is 2.56. The van der Waals surface area contributed by atoms with Gasteiger partial charge in [0, 0.05) is 5.56 Å². The number of carbonyl (C=O) groups excluding carboxylic acids is 3. The quantitative estimate of drug-likeness (QED) is 0.320. The van der Waals surface area contributed by atoms with E-state index in [1.807, 2.05) is 0 Å². The van der Waals surface area contributed by atoms with E-state index in [0.717, 1.165) is 23.4 Å². The Morgan fingerprint density at radius 3 is 2.29 bits per heavy atom. The molecule has 1 saturated carbocycles. The van der Waals surface area contributed by atoms with Crippen molar-refractivity contribution in [3.63, 3.8) is 0 Å². The highest BCUT2D eigenvalue weighted by atomic mass is 16.5. The molecule has 1 aromatic heterocycles. The molecule has 2 fully saturated rings. The average Bonchev–Trinajstić information content (AvgIpc) is 3.38.